The second kappa shape index (κ2) is 4.18. The number of rotatable bonds is 3. The number of nitrogens with one attached hydrogen (secondary N) is 1. The molecule has 84 valence electrons. The SMILES string of the molecule is Cc1c(CNc2cncc(N)n2)cnn1C. The fourth-order valence-electron chi connectivity index (χ4n) is 1.37. The summed E-state index contributed by atoms with van der Waals surface area (Å²) < 4.78 is 1.84. The van der Waals surface area contributed by atoms with Crippen LogP contribution in [0.4, 0.5) is 11.6 Å². The van der Waals surface area contributed by atoms with E-state index in [9.17, 15) is 0 Å². The van der Waals surface area contributed by atoms with E-state index in [0.717, 1.165) is 11.3 Å². The van der Waals surface area contributed by atoms with E-state index < -0.39 is 0 Å². The summed E-state index contributed by atoms with van der Waals surface area (Å²) in [5.41, 5.74) is 7.79. The Labute approximate surface area is 93.5 Å². The Morgan fingerprint density at radius 1 is 1.38 bits per heavy atom. The summed E-state index contributed by atoms with van der Waals surface area (Å²) in [6.07, 6.45) is 4.99. The van der Waals surface area contributed by atoms with Gasteiger partial charge in [0.1, 0.15) is 11.6 Å². The van der Waals surface area contributed by atoms with Gasteiger partial charge in [0.05, 0.1) is 18.6 Å². The lowest BCUT2D eigenvalue weighted by atomic mass is 10.2. The molecule has 6 nitrogen and oxygen atoms in total. The first-order chi connectivity index (χ1) is 7.66. The van der Waals surface area contributed by atoms with Crippen molar-refractivity contribution >= 4 is 11.6 Å². The van der Waals surface area contributed by atoms with Crippen molar-refractivity contribution in [2.24, 2.45) is 7.05 Å². The van der Waals surface area contributed by atoms with E-state index in [1.807, 2.05) is 24.9 Å². The van der Waals surface area contributed by atoms with Gasteiger partial charge >= 0.3 is 0 Å². The molecule has 0 atom stereocenters. The van der Waals surface area contributed by atoms with Gasteiger partial charge in [-0.15, -0.1) is 0 Å². The molecule has 0 saturated carbocycles. The Morgan fingerprint density at radius 2 is 2.19 bits per heavy atom. The van der Waals surface area contributed by atoms with E-state index in [-0.39, 0.29) is 0 Å². The van der Waals surface area contributed by atoms with Gasteiger partial charge in [0, 0.05) is 24.8 Å². The molecule has 3 N–H and O–H groups in total. The predicted octanol–water partition coefficient (Wildman–Crippen LogP) is 0.713. The Balaban J connectivity index is 2.05. The van der Waals surface area contributed by atoms with Crippen molar-refractivity contribution in [2.75, 3.05) is 11.1 Å². The minimum Gasteiger partial charge on any atom is -0.382 e. The molecule has 0 radical (unpaired) electrons. The lowest BCUT2D eigenvalue weighted by Gasteiger charge is -2.05. The largest absolute Gasteiger partial charge is 0.382 e. The van der Waals surface area contributed by atoms with Crippen LogP contribution in [0.2, 0.25) is 0 Å². The van der Waals surface area contributed by atoms with E-state index in [2.05, 4.69) is 20.4 Å². The number of nitrogens with zero attached hydrogens (tertiary/aromatic N) is 4. The van der Waals surface area contributed by atoms with Crippen LogP contribution in [-0.2, 0) is 13.6 Å². The molecule has 0 aromatic carbocycles. The van der Waals surface area contributed by atoms with Gasteiger partial charge in [0.15, 0.2) is 0 Å². The summed E-state index contributed by atoms with van der Waals surface area (Å²) in [6.45, 7) is 2.69. The third-order valence-corrected chi connectivity index (χ3v) is 2.45. The molecule has 0 spiro atoms. The molecule has 0 bridgehead atoms. The number of hydrogen-bond acceptors (Lipinski definition) is 5. The molecule has 0 fully saturated rings. The van der Waals surface area contributed by atoms with Crippen LogP contribution in [0.1, 0.15) is 11.3 Å². The highest BCUT2D eigenvalue weighted by molar-refractivity contribution is 5.39. The molecule has 0 aliphatic heterocycles. The lowest BCUT2D eigenvalue weighted by molar-refractivity contribution is 0.738. The zero-order chi connectivity index (χ0) is 11.5. The molecule has 6 heteroatoms. The number of aryl methyl sites for hydroxylation is 1. The highest BCUT2D eigenvalue weighted by Crippen LogP contribution is 2.09. The molecule has 2 aromatic heterocycles. The number of hydrogen-bond donors (Lipinski definition) is 2. The highest BCUT2D eigenvalue weighted by atomic mass is 15.3. The highest BCUT2D eigenvalue weighted by Gasteiger charge is 2.03. The van der Waals surface area contributed by atoms with Crippen LogP contribution in [0.25, 0.3) is 0 Å². The Morgan fingerprint density at radius 3 is 2.81 bits per heavy atom. The van der Waals surface area contributed by atoms with Crippen molar-refractivity contribution in [2.45, 2.75) is 13.5 Å². The smallest absolute Gasteiger partial charge is 0.147 e. The average Bonchev–Trinajstić information content (AvgIpc) is 2.57. The fourth-order valence-corrected chi connectivity index (χ4v) is 1.37. The van der Waals surface area contributed by atoms with Gasteiger partial charge in [-0.1, -0.05) is 0 Å². The maximum Gasteiger partial charge on any atom is 0.147 e. The van der Waals surface area contributed by atoms with E-state index in [4.69, 9.17) is 5.73 Å². The van der Waals surface area contributed by atoms with Gasteiger partial charge in [-0.25, -0.2) is 4.98 Å². The van der Waals surface area contributed by atoms with Crippen LogP contribution in [0, 0.1) is 6.92 Å². The standard InChI is InChI=1S/C10H14N6/c1-7-8(4-14-16(7)2)3-13-10-6-12-5-9(11)15-10/h4-6H,3H2,1-2H3,(H3,11,13,15). The minimum atomic E-state index is 0.410. The lowest BCUT2D eigenvalue weighted by Crippen LogP contribution is -2.04. The zero-order valence-electron chi connectivity index (χ0n) is 9.31. The van der Waals surface area contributed by atoms with Crippen molar-refractivity contribution in [3.8, 4) is 0 Å². The monoisotopic (exact) mass is 218 g/mol. The molecular weight excluding hydrogens is 204 g/mol. The number of nitrogens with two attached hydrogens (primary N) is 1. The van der Waals surface area contributed by atoms with E-state index >= 15 is 0 Å². The van der Waals surface area contributed by atoms with Crippen LogP contribution in [0.5, 0.6) is 0 Å². The van der Waals surface area contributed by atoms with Crippen LogP contribution < -0.4 is 11.1 Å². The molecule has 0 saturated heterocycles. The molecule has 2 heterocycles. The third kappa shape index (κ3) is 2.10. The van der Waals surface area contributed by atoms with Gasteiger partial charge < -0.3 is 11.1 Å². The molecule has 0 aliphatic rings. The Hall–Kier alpha value is -2.11. The maximum atomic E-state index is 5.53. The summed E-state index contributed by atoms with van der Waals surface area (Å²) >= 11 is 0. The Kier molecular flexibility index (Phi) is 2.72. The molecule has 0 unspecified atom stereocenters. The predicted molar refractivity (Wildman–Crippen MR) is 61.7 cm³/mol. The van der Waals surface area contributed by atoms with E-state index in [0.29, 0.717) is 18.2 Å². The van der Waals surface area contributed by atoms with Crippen molar-refractivity contribution in [1.29, 1.82) is 0 Å². The van der Waals surface area contributed by atoms with E-state index in [1.165, 1.54) is 6.20 Å². The first-order valence-electron chi connectivity index (χ1n) is 4.95. The molecule has 0 aliphatic carbocycles. The van der Waals surface area contributed by atoms with Gasteiger partial charge in [0.2, 0.25) is 0 Å². The quantitative estimate of drug-likeness (QED) is 0.793. The summed E-state index contributed by atoms with van der Waals surface area (Å²) in [5.74, 6) is 1.08. The van der Waals surface area contributed by atoms with Crippen LogP contribution in [-0.4, -0.2) is 19.7 Å². The van der Waals surface area contributed by atoms with Crippen LogP contribution in [0.3, 0.4) is 0 Å². The topological polar surface area (TPSA) is 81.7 Å². The second-order valence-electron chi connectivity index (χ2n) is 3.56. The first kappa shape index (κ1) is 10.4. The average molecular weight is 218 g/mol. The molecule has 2 rings (SSSR count). The summed E-state index contributed by atoms with van der Waals surface area (Å²) in [7, 11) is 1.92. The summed E-state index contributed by atoms with van der Waals surface area (Å²) in [4.78, 5) is 8.05. The van der Waals surface area contributed by atoms with Crippen LogP contribution >= 0.6 is 0 Å². The molecule has 2 aromatic rings. The normalized spacial score (nSPS) is 10.4. The van der Waals surface area contributed by atoms with Gasteiger partial charge in [-0.05, 0) is 6.92 Å². The molecule has 0 amide bonds. The van der Waals surface area contributed by atoms with E-state index in [1.54, 1.807) is 6.20 Å². The van der Waals surface area contributed by atoms with Gasteiger partial charge in [-0.3, -0.25) is 9.67 Å². The molecular formula is C10H14N6. The van der Waals surface area contributed by atoms with Crippen LogP contribution in [0.15, 0.2) is 18.6 Å². The van der Waals surface area contributed by atoms with Gasteiger partial charge in [0.25, 0.3) is 0 Å². The minimum absolute atomic E-state index is 0.410. The fraction of sp³-hybridized carbons (Fsp3) is 0.300. The second-order valence-corrected chi connectivity index (χ2v) is 3.56. The zero-order valence-corrected chi connectivity index (χ0v) is 9.31. The Bertz CT molecular complexity index is 490. The van der Waals surface area contributed by atoms with Crippen molar-refractivity contribution in [3.05, 3.63) is 29.8 Å². The van der Waals surface area contributed by atoms with Crippen molar-refractivity contribution in [1.82, 2.24) is 19.7 Å². The third-order valence-electron chi connectivity index (χ3n) is 2.45. The van der Waals surface area contributed by atoms with Gasteiger partial charge in [-0.2, -0.15) is 5.10 Å². The first-order valence-corrected chi connectivity index (χ1v) is 4.95. The van der Waals surface area contributed by atoms with Crippen molar-refractivity contribution in [3.63, 3.8) is 0 Å². The number of anilines is 2. The number of nitrogen functional groups attached to an aromatic ring is 1. The summed E-state index contributed by atoms with van der Waals surface area (Å²) in [6, 6.07) is 0. The van der Waals surface area contributed by atoms with Crippen molar-refractivity contribution < 1.29 is 0 Å². The maximum absolute atomic E-state index is 5.53. The molecule has 16 heavy (non-hydrogen) atoms. The number of aromatic nitrogens is 4. The summed E-state index contributed by atoms with van der Waals surface area (Å²) in [5, 5.41) is 7.31.